The molecule has 1 heterocycles. The van der Waals surface area contributed by atoms with Crippen LogP contribution in [0.2, 0.25) is 0 Å². The summed E-state index contributed by atoms with van der Waals surface area (Å²) in [4.78, 5) is 14.5. The lowest BCUT2D eigenvalue weighted by molar-refractivity contribution is -0.140. The van der Waals surface area contributed by atoms with E-state index in [9.17, 15) is 9.18 Å². The van der Waals surface area contributed by atoms with E-state index in [1.165, 1.54) is 6.92 Å². The van der Waals surface area contributed by atoms with Crippen LogP contribution in [0.15, 0.2) is 4.99 Å². The Labute approximate surface area is 79.8 Å². The summed E-state index contributed by atoms with van der Waals surface area (Å²) in [7, 11) is 0. The largest absolute Gasteiger partial charge is 0.481 e. The number of carboxylic acid groups (broad SMARTS) is 1. The van der Waals surface area contributed by atoms with Crippen LogP contribution < -0.4 is 5.32 Å². The molecule has 0 aromatic rings. The number of rotatable bonds is 2. The first-order valence-electron chi connectivity index (χ1n) is 3.70. The average molecular weight is 204 g/mol. The first-order chi connectivity index (χ1) is 6.06. The van der Waals surface area contributed by atoms with Crippen molar-refractivity contribution in [3.8, 4) is 0 Å². The summed E-state index contributed by atoms with van der Waals surface area (Å²) in [5.74, 6) is -2.00. The molecule has 0 fully saturated rings. The molecule has 13 heavy (non-hydrogen) atoms. The molecule has 0 saturated heterocycles. The highest BCUT2D eigenvalue weighted by atomic mass is 32.1. The first kappa shape index (κ1) is 10.0. The van der Waals surface area contributed by atoms with E-state index >= 15 is 0 Å². The van der Waals surface area contributed by atoms with Gasteiger partial charge in [0.1, 0.15) is 12.6 Å². The Hall–Kier alpha value is -1.04. The summed E-state index contributed by atoms with van der Waals surface area (Å²) in [6.45, 7) is 0.762. The molecule has 0 spiro atoms. The van der Waals surface area contributed by atoms with Crippen molar-refractivity contribution in [2.75, 3.05) is 6.67 Å². The van der Waals surface area contributed by atoms with Gasteiger partial charge >= 0.3 is 5.97 Å². The number of hydrogen-bond donors (Lipinski definition) is 2. The van der Waals surface area contributed by atoms with E-state index in [2.05, 4.69) is 10.3 Å². The molecule has 0 radical (unpaired) electrons. The summed E-state index contributed by atoms with van der Waals surface area (Å²) in [6.07, 6.45) is 0. The molecule has 0 amide bonds. The topological polar surface area (TPSA) is 61.7 Å². The SMILES string of the molecule is CC1=NC(=S)NC(CF)C1C(=O)O. The molecule has 0 saturated carbocycles. The molecule has 2 unspecified atom stereocenters. The van der Waals surface area contributed by atoms with Crippen molar-refractivity contribution in [3.05, 3.63) is 0 Å². The normalized spacial score (nSPS) is 27.8. The first-order valence-corrected chi connectivity index (χ1v) is 4.11. The summed E-state index contributed by atoms with van der Waals surface area (Å²) < 4.78 is 12.4. The van der Waals surface area contributed by atoms with Crippen LogP contribution in [0.4, 0.5) is 4.39 Å². The van der Waals surface area contributed by atoms with Crippen molar-refractivity contribution >= 4 is 29.0 Å². The Kier molecular flexibility index (Phi) is 2.92. The highest BCUT2D eigenvalue weighted by Crippen LogP contribution is 2.13. The van der Waals surface area contributed by atoms with Crippen LogP contribution in [0.3, 0.4) is 0 Å². The summed E-state index contributed by atoms with van der Waals surface area (Å²) in [5.41, 5.74) is 0.346. The predicted octanol–water partition coefficient (Wildman–Crippen LogP) is 0.374. The Morgan fingerprint density at radius 3 is 2.92 bits per heavy atom. The van der Waals surface area contributed by atoms with Gasteiger partial charge in [0, 0.05) is 5.71 Å². The van der Waals surface area contributed by atoms with E-state index in [-0.39, 0.29) is 5.11 Å². The smallest absolute Gasteiger partial charge is 0.314 e. The van der Waals surface area contributed by atoms with Crippen LogP contribution in [0.5, 0.6) is 0 Å². The summed E-state index contributed by atoms with van der Waals surface area (Å²) in [5, 5.41) is 11.4. The quantitative estimate of drug-likeness (QED) is 0.638. The van der Waals surface area contributed by atoms with Crippen LogP contribution in [0.25, 0.3) is 0 Å². The maximum atomic E-state index is 12.4. The Bertz CT molecular complexity index is 280. The van der Waals surface area contributed by atoms with Crippen LogP contribution in [-0.2, 0) is 4.79 Å². The van der Waals surface area contributed by atoms with E-state index in [0.29, 0.717) is 5.71 Å². The van der Waals surface area contributed by atoms with E-state index in [1.54, 1.807) is 0 Å². The van der Waals surface area contributed by atoms with Crippen molar-refractivity contribution in [2.24, 2.45) is 10.9 Å². The fourth-order valence-electron chi connectivity index (χ4n) is 1.27. The molecular formula is C7H9FN2O2S. The summed E-state index contributed by atoms with van der Waals surface area (Å²) in [6, 6.07) is -0.789. The Morgan fingerprint density at radius 2 is 2.46 bits per heavy atom. The van der Waals surface area contributed by atoms with Gasteiger partial charge in [-0.25, -0.2) is 9.38 Å². The molecule has 1 rings (SSSR count). The summed E-state index contributed by atoms with van der Waals surface area (Å²) >= 11 is 4.71. The minimum absolute atomic E-state index is 0.151. The monoisotopic (exact) mass is 204 g/mol. The molecule has 0 bridgehead atoms. The molecule has 2 N–H and O–H groups in total. The van der Waals surface area contributed by atoms with Gasteiger partial charge in [-0.2, -0.15) is 0 Å². The zero-order valence-corrected chi connectivity index (χ0v) is 7.77. The number of nitrogens with zero attached hydrogens (tertiary/aromatic N) is 1. The number of aliphatic carboxylic acids is 1. The second-order valence-corrected chi connectivity index (χ2v) is 3.17. The highest BCUT2D eigenvalue weighted by Gasteiger charge is 2.34. The van der Waals surface area contributed by atoms with Crippen molar-refractivity contribution in [3.63, 3.8) is 0 Å². The lowest BCUT2D eigenvalue weighted by Crippen LogP contribution is -2.50. The zero-order valence-electron chi connectivity index (χ0n) is 6.95. The van der Waals surface area contributed by atoms with E-state index in [0.717, 1.165) is 0 Å². The molecule has 0 aromatic heterocycles. The molecule has 4 nitrogen and oxygen atoms in total. The number of thiocarbonyl (C=S) groups is 1. The number of halogens is 1. The number of carboxylic acids is 1. The highest BCUT2D eigenvalue weighted by molar-refractivity contribution is 7.80. The number of alkyl halides is 1. The number of aliphatic imine (C=N–C) groups is 1. The van der Waals surface area contributed by atoms with Gasteiger partial charge in [-0.15, -0.1) is 0 Å². The van der Waals surface area contributed by atoms with Crippen molar-refractivity contribution in [1.29, 1.82) is 0 Å². The van der Waals surface area contributed by atoms with Gasteiger partial charge in [0.05, 0.1) is 6.04 Å². The third-order valence-corrected chi connectivity index (χ3v) is 2.08. The minimum Gasteiger partial charge on any atom is -0.481 e. The number of nitrogens with one attached hydrogen (secondary N) is 1. The maximum Gasteiger partial charge on any atom is 0.314 e. The molecule has 72 valence electrons. The average Bonchev–Trinajstić information content (AvgIpc) is 2.01. The van der Waals surface area contributed by atoms with Crippen LogP contribution in [-0.4, -0.2) is 34.6 Å². The van der Waals surface area contributed by atoms with Gasteiger partial charge in [-0.3, -0.25) is 4.79 Å². The third-order valence-electron chi connectivity index (χ3n) is 1.87. The number of carbonyl (C=O) groups is 1. The lowest BCUT2D eigenvalue weighted by Gasteiger charge is -2.26. The van der Waals surface area contributed by atoms with Crippen molar-refractivity contribution in [1.82, 2.24) is 5.32 Å². The van der Waals surface area contributed by atoms with Gasteiger partial charge in [0.25, 0.3) is 0 Å². The van der Waals surface area contributed by atoms with Gasteiger partial charge in [0.2, 0.25) is 0 Å². The third kappa shape index (κ3) is 2.00. The zero-order chi connectivity index (χ0) is 10.0. The maximum absolute atomic E-state index is 12.4. The van der Waals surface area contributed by atoms with Crippen LogP contribution in [0.1, 0.15) is 6.92 Å². The van der Waals surface area contributed by atoms with Crippen molar-refractivity contribution < 1.29 is 14.3 Å². The van der Waals surface area contributed by atoms with E-state index in [1.807, 2.05) is 0 Å². The van der Waals surface area contributed by atoms with E-state index in [4.69, 9.17) is 17.3 Å². The van der Waals surface area contributed by atoms with Crippen LogP contribution >= 0.6 is 12.2 Å². The predicted molar refractivity (Wildman–Crippen MR) is 49.7 cm³/mol. The Balaban J connectivity index is 2.94. The second kappa shape index (κ2) is 3.78. The molecular weight excluding hydrogens is 195 g/mol. The van der Waals surface area contributed by atoms with Gasteiger partial charge in [0.15, 0.2) is 5.11 Å². The standard InChI is InChI=1S/C7H9FN2O2S/c1-3-5(6(11)12)4(2-8)10-7(13)9-3/h4-5H,2H2,1H3,(H,10,13)(H,11,12). The second-order valence-electron chi connectivity index (χ2n) is 2.78. The minimum atomic E-state index is -1.08. The van der Waals surface area contributed by atoms with Crippen molar-refractivity contribution in [2.45, 2.75) is 13.0 Å². The molecule has 2 atom stereocenters. The molecule has 0 aliphatic carbocycles. The molecule has 0 aromatic carbocycles. The lowest BCUT2D eigenvalue weighted by atomic mass is 9.95. The fraction of sp³-hybridized carbons (Fsp3) is 0.571. The van der Waals surface area contributed by atoms with Gasteiger partial charge in [-0.1, -0.05) is 0 Å². The van der Waals surface area contributed by atoms with Gasteiger partial charge in [-0.05, 0) is 19.1 Å². The van der Waals surface area contributed by atoms with E-state index < -0.39 is 24.6 Å². The number of hydrogen-bond acceptors (Lipinski definition) is 2. The molecule has 1 aliphatic rings. The van der Waals surface area contributed by atoms with Crippen LogP contribution in [0, 0.1) is 5.92 Å². The fourth-order valence-corrected chi connectivity index (χ4v) is 1.57. The molecule has 6 heteroatoms. The molecule has 1 aliphatic heterocycles. The Morgan fingerprint density at radius 1 is 1.85 bits per heavy atom. The van der Waals surface area contributed by atoms with Gasteiger partial charge < -0.3 is 10.4 Å².